The molecule has 2 unspecified atom stereocenters. The van der Waals surface area contributed by atoms with Gasteiger partial charge in [0.1, 0.15) is 11.5 Å². The van der Waals surface area contributed by atoms with Crippen molar-refractivity contribution in [3.8, 4) is 0 Å². The van der Waals surface area contributed by atoms with Crippen molar-refractivity contribution in [2.75, 3.05) is 19.8 Å². The molecule has 5 rings (SSSR count). The van der Waals surface area contributed by atoms with Crippen LogP contribution in [0.4, 0.5) is 0 Å². The molecule has 4 aliphatic rings. The third-order valence-corrected chi connectivity index (χ3v) is 6.37. The summed E-state index contributed by atoms with van der Waals surface area (Å²) >= 11 is 0. The zero-order chi connectivity index (χ0) is 16.8. The summed E-state index contributed by atoms with van der Waals surface area (Å²) in [6, 6.07) is 0.809. The van der Waals surface area contributed by atoms with E-state index in [0.717, 1.165) is 38.4 Å². The first-order valence-corrected chi connectivity index (χ1v) is 9.83. The quantitative estimate of drug-likeness (QED) is 0.750. The summed E-state index contributed by atoms with van der Waals surface area (Å²) in [5, 5.41) is 0. The van der Waals surface area contributed by atoms with Crippen molar-refractivity contribution in [1.82, 2.24) is 4.90 Å². The molecule has 1 aromatic heterocycles. The summed E-state index contributed by atoms with van der Waals surface area (Å²) in [5.74, 6) is 2.82. The van der Waals surface area contributed by atoms with E-state index >= 15 is 0 Å². The highest BCUT2D eigenvalue weighted by Gasteiger charge is 2.41. The normalized spacial score (nSPS) is 31.7. The average molecular weight is 337 g/mol. The molecule has 0 amide bonds. The second-order valence-corrected chi connectivity index (χ2v) is 7.81. The van der Waals surface area contributed by atoms with Crippen molar-refractivity contribution >= 4 is 5.57 Å². The molecule has 3 heteroatoms. The molecule has 0 spiro atoms. The lowest BCUT2D eigenvalue weighted by Crippen LogP contribution is -2.47. The fraction of sp³-hybridized carbons (Fsp3) is 0.545. The van der Waals surface area contributed by atoms with Crippen LogP contribution in [0.1, 0.15) is 54.4 Å². The zero-order valence-corrected chi connectivity index (χ0v) is 15.0. The Labute approximate surface area is 150 Å². The zero-order valence-electron chi connectivity index (χ0n) is 15.0. The van der Waals surface area contributed by atoms with E-state index in [1.165, 1.54) is 41.7 Å². The number of furan rings is 1. The van der Waals surface area contributed by atoms with E-state index in [1.54, 1.807) is 0 Å². The van der Waals surface area contributed by atoms with Gasteiger partial charge in [-0.1, -0.05) is 30.4 Å². The number of fused-ring (bicyclic) bond motifs is 5. The van der Waals surface area contributed by atoms with Crippen molar-refractivity contribution < 1.29 is 9.15 Å². The van der Waals surface area contributed by atoms with Crippen LogP contribution < -0.4 is 0 Å². The first-order chi connectivity index (χ1) is 12.3. The van der Waals surface area contributed by atoms with Crippen LogP contribution in [0.15, 0.2) is 34.8 Å². The average Bonchev–Trinajstić information content (AvgIpc) is 2.91. The van der Waals surface area contributed by atoms with Crippen LogP contribution in [0.25, 0.3) is 5.57 Å². The van der Waals surface area contributed by atoms with Gasteiger partial charge < -0.3 is 9.15 Å². The first kappa shape index (κ1) is 15.7. The number of ether oxygens (including phenoxy) is 1. The Morgan fingerprint density at radius 1 is 1.16 bits per heavy atom. The Kier molecular flexibility index (Phi) is 3.94. The molecule has 0 bridgehead atoms. The molecule has 1 fully saturated rings. The topological polar surface area (TPSA) is 25.6 Å². The van der Waals surface area contributed by atoms with E-state index in [9.17, 15) is 0 Å². The summed E-state index contributed by atoms with van der Waals surface area (Å²) in [7, 11) is 0. The highest BCUT2D eigenvalue weighted by atomic mass is 16.5. The fourth-order valence-electron chi connectivity index (χ4n) is 5.13. The van der Waals surface area contributed by atoms with Gasteiger partial charge in [-0.15, -0.1) is 0 Å². The lowest BCUT2D eigenvalue weighted by atomic mass is 9.88. The van der Waals surface area contributed by atoms with Crippen molar-refractivity contribution in [3.05, 3.63) is 53.0 Å². The van der Waals surface area contributed by atoms with Gasteiger partial charge in [-0.3, -0.25) is 4.90 Å². The van der Waals surface area contributed by atoms with Crippen molar-refractivity contribution in [2.45, 2.75) is 51.1 Å². The summed E-state index contributed by atoms with van der Waals surface area (Å²) in [4.78, 5) is 2.67. The summed E-state index contributed by atoms with van der Waals surface area (Å²) in [5.41, 5.74) is 4.30. The molecule has 2 aliphatic carbocycles. The number of morpholine rings is 1. The Hall–Kier alpha value is -1.58. The molecule has 0 aromatic carbocycles. The summed E-state index contributed by atoms with van der Waals surface area (Å²) in [6.45, 7) is 4.78. The van der Waals surface area contributed by atoms with Gasteiger partial charge in [0.25, 0.3) is 0 Å². The number of rotatable bonds is 1. The number of hydrogen-bond acceptors (Lipinski definition) is 3. The molecule has 1 saturated heterocycles. The van der Waals surface area contributed by atoms with Crippen LogP contribution >= 0.6 is 0 Å². The number of hydrogen-bond donors (Lipinski definition) is 0. The molecule has 3 atom stereocenters. The van der Waals surface area contributed by atoms with Crippen LogP contribution in [0, 0.1) is 12.8 Å². The van der Waals surface area contributed by atoms with Crippen molar-refractivity contribution in [1.29, 1.82) is 0 Å². The number of aryl methyl sites for hydroxylation is 1. The highest BCUT2D eigenvalue weighted by Crippen LogP contribution is 2.45. The largest absolute Gasteiger partial charge is 0.461 e. The Bertz CT molecular complexity index is 754. The minimum Gasteiger partial charge on any atom is -0.461 e. The Balaban J connectivity index is 1.65. The molecule has 0 saturated carbocycles. The summed E-state index contributed by atoms with van der Waals surface area (Å²) in [6.07, 6.45) is 17.6. The maximum atomic E-state index is 6.40. The maximum absolute atomic E-state index is 6.40. The fourth-order valence-corrected chi connectivity index (χ4v) is 5.13. The summed E-state index contributed by atoms with van der Waals surface area (Å²) < 4.78 is 12.3. The Morgan fingerprint density at radius 3 is 2.96 bits per heavy atom. The predicted octanol–water partition coefficient (Wildman–Crippen LogP) is 4.59. The smallest absolute Gasteiger partial charge is 0.135 e. The van der Waals surface area contributed by atoms with Crippen LogP contribution in [0.2, 0.25) is 0 Å². The van der Waals surface area contributed by atoms with E-state index < -0.39 is 0 Å². The number of allylic oxidation sites excluding steroid dienone is 4. The second kappa shape index (κ2) is 6.30. The molecule has 25 heavy (non-hydrogen) atoms. The SMILES string of the molecule is Cc1oc(C2=CCCCC2)c2c1CC1C=CC=CC1N1CCOC[C@@H]21. The lowest BCUT2D eigenvalue weighted by molar-refractivity contribution is -0.0259. The first-order valence-electron chi connectivity index (χ1n) is 9.83. The van der Waals surface area contributed by atoms with E-state index in [2.05, 4.69) is 42.2 Å². The molecule has 0 radical (unpaired) electrons. The van der Waals surface area contributed by atoms with Gasteiger partial charge in [-0.25, -0.2) is 0 Å². The molecule has 0 N–H and O–H groups in total. The third kappa shape index (κ3) is 2.56. The van der Waals surface area contributed by atoms with Gasteiger partial charge in [0.05, 0.1) is 19.3 Å². The Morgan fingerprint density at radius 2 is 2.08 bits per heavy atom. The van der Waals surface area contributed by atoms with E-state index in [0.29, 0.717) is 18.0 Å². The standard InChI is InChI=1S/C22H27NO2/c1-15-18-13-17-9-5-6-10-19(17)23-11-12-24-14-20(23)21(18)22(25-15)16-7-3-2-4-8-16/h5-7,9-10,17,19-20H,2-4,8,11-14H2,1H3/t17?,19?,20-/m0/s1. The van der Waals surface area contributed by atoms with Gasteiger partial charge >= 0.3 is 0 Å². The van der Waals surface area contributed by atoms with Crippen LogP contribution in [-0.4, -0.2) is 30.7 Å². The van der Waals surface area contributed by atoms with Gasteiger partial charge in [0, 0.05) is 24.1 Å². The minimum absolute atomic E-state index is 0.324. The molecule has 132 valence electrons. The lowest BCUT2D eigenvalue weighted by Gasteiger charge is -2.41. The van der Waals surface area contributed by atoms with Crippen LogP contribution in [-0.2, 0) is 11.2 Å². The minimum atomic E-state index is 0.324. The van der Waals surface area contributed by atoms with Crippen molar-refractivity contribution in [3.63, 3.8) is 0 Å². The van der Waals surface area contributed by atoms with Crippen molar-refractivity contribution in [2.24, 2.45) is 5.92 Å². The van der Waals surface area contributed by atoms with Crippen LogP contribution in [0.3, 0.4) is 0 Å². The number of nitrogens with zero attached hydrogens (tertiary/aromatic N) is 1. The molecular weight excluding hydrogens is 310 g/mol. The monoisotopic (exact) mass is 337 g/mol. The van der Waals surface area contributed by atoms with Gasteiger partial charge in [-0.05, 0) is 50.2 Å². The predicted molar refractivity (Wildman–Crippen MR) is 99.4 cm³/mol. The third-order valence-electron chi connectivity index (χ3n) is 6.37. The van der Waals surface area contributed by atoms with E-state index in [1.807, 2.05) is 0 Å². The maximum Gasteiger partial charge on any atom is 0.135 e. The van der Waals surface area contributed by atoms with Gasteiger partial charge in [0.2, 0.25) is 0 Å². The molecule has 1 aromatic rings. The van der Waals surface area contributed by atoms with E-state index in [-0.39, 0.29) is 0 Å². The second-order valence-electron chi connectivity index (χ2n) is 7.81. The molecular formula is C22H27NO2. The van der Waals surface area contributed by atoms with Crippen LogP contribution in [0.5, 0.6) is 0 Å². The molecule has 3 heterocycles. The van der Waals surface area contributed by atoms with Gasteiger partial charge in [-0.2, -0.15) is 0 Å². The van der Waals surface area contributed by atoms with E-state index in [4.69, 9.17) is 9.15 Å². The molecule has 3 nitrogen and oxygen atoms in total. The van der Waals surface area contributed by atoms with Gasteiger partial charge in [0.15, 0.2) is 0 Å². The molecule has 2 aliphatic heterocycles. The highest BCUT2D eigenvalue weighted by molar-refractivity contribution is 5.67.